The Labute approximate surface area is 188 Å². The van der Waals surface area contributed by atoms with Crippen LogP contribution in [0.5, 0.6) is 5.75 Å². The van der Waals surface area contributed by atoms with Gasteiger partial charge < -0.3 is 19.0 Å². The lowest BCUT2D eigenvalue weighted by molar-refractivity contribution is 0.268. The molecule has 4 rings (SSSR count). The Morgan fingerprint density at radius 1 is 1.10 bits per heavy atom. The Kier molecular flexibility index (Phi) is 6.35. The monoisotopic (exact) mass is 437 g/mol. The van der Waals surface area contributed by atoms with Crippen LogP contribution in [0.15, 0.2) is 52.9 Å². The normalized spacial score (nSPS) is 11.7. The van der Waals surface area contributed by atoms with Crippen LogP contribution in [0.1, 0.15) is 30.7 Å². The van der Waals surface area contributed by atoms with Gasteiger partial charge in [-0.3, -0.25) is 0 Å². The molecule has 0 aliphatic rings. The molecule has 2 heterocycles. The molecular weight excluding hydrogens is 410 g/mol. The van der Waals surface area contributed by atoms with Gasteiger partial charge in [0.05, 0.1) is 17.6 Å². The zero-order valence-electron chi connectivity index (χ0n) is 18.4. The minimum atomic E-state index is 0.449. The van der Waals surface area contributed by atoms with Gasteiger partial charge in [-0.1, -0.05) is 31.5 Å². The maximum Gasteiger partial charge on any atom is 0.174 e. The number of ether oxygens (including phenoxy) is 1. The number of benzene rings is 2. The minimum absolute atomic E-state index is 0.449. The van der Waals surface area contributed by atoms with Gasteiger partial charge in [0, 0.05) is 23.6 Å². The molecule has 162 valence electrons. The van der Waals surface area contributed by atoms with Crippen molar-refractivity contribution in [1.82, 2.24) is 14.9 Å². The van der Waals surface area contributed by atoms with E-state index in [4.69, 9.17) is 25.7 Å². The lowest BCUT2D eigenvalue weighted by Crippen LogP contribution is -2.10. The topological polar surface area (TPSA) is 54.3 Å². The smallest absolute Gasteiger partial charge is 0.174 e. The summed E-state index contributed by atoms with van der Waals surface area (Å²) in [5.41, 5.74) is 4.18. The second kappa shape index (κ2) is 9.16. The Hall–Kier alpha value is -2.76. The maximum atomic E-state index is 6.23. The van der Waals surface area contributed by atoms with Crippen molar-refractivity contribution in [3.8, 4) is 17.3 Å². The molecule has 0 saturated carbocycles. The fourth-order valence-corrected chi connectivity index (χ4v) is 3.70. The number of aromatic nitrogens is 2. The van der Waals surface area contributed by atoms with Crippen LogP contribution in [0.3, 0.4) is 0 Å². The van der Waals surface area contributed by atoms with Crippen LogP contribution in [0, 0.1) is 5.92 Å². The van der Waals surface area contributed by atoms with Crippen molar-refractivity contribution < 1.29 is 9.15 Å². The summed E-state index contributed by atoms with van der Waals surface area (Å²) in [4.78, 5) is 10.2. The van der Waals surface area contributed by atoms with E-state index in [-0.39, 0.29) is 0 Å². The van der Waals surface area contributed by atoms with Gasteiger partial charge in [0.1, 0.15) is 11.5 Å². The summed E-state index contributed by atoms with van der Waals surface area (Å²) < 4.78 is 12.1. The lowest BCUT2D eigenvalue weighted by Gasteiger charge is -2.13. The van der Waals surface area contributed by atoms with Crippen LogP contribution in [0.2, 0.25) is 5.02 Å². The van der Waals surface area contributed by atoms with E-state index in [1.807, 2.05) is 36.4 Å². The number of furan rings is 1. The molecular formula is C25H28ClN3O2. The van der Waals surface area contributed by atoms with E-state index < -0.39 is 0 Å². The van der Waals surface area contributed by atoms with Crippen molar-refractivity contribution in [2.75, 3.05) is 20.7 Å². The summed E-state index contributed by atoms with van der Waals surface area (Å²) in [7, 11) is 4.12. The zero-order chi connectivity index (χ0) is 22.0. The van der Waals surface area contributed by atoms with Crippen LogP contribution >= 0.6 is 11.6 Å². The highest BCUT2D eigenvalue weighted by atomic mass is 35.5. The average Bonchev–Trinajstić information content (AvgIpc) is 3.33. The highest BCUT2D eigenvalue weighted by molar-refractivity contribution is 6.30. The van der Waals surface area contributed by atoms with Gasteiger partial charge in [0.25, 0.3) is 0 Å². The molecule has 0 bridgehead atoms. The summed E-state index contributed by atoms with van der Waals surface area (Å²) >= 11 is 6.23. The van der Waals surface area contributed by atoms with Crippen molar-refractivity contribution >= 4 is 22.6 Å². The molecule has 0 amide bonds. The third-order valence-electron chi connectivity index (χ3n) is 4.90. The standard InChI is InChI=1S/C25H28ClN3O2/c1-16(2)15-30-23-9-6-19(26)12-18(23)13-20-7-10-24(31-20)25-27-21-8-5-17(14-29(3)4)11-22(21)28-25/h5-12,16H,13-15H2,1-4H3,(H,27,28). The van der Waals surface area contributed by atoms with Gasteiger partial charge in [0.15, 0.2) is 11.6 Å². The SMILES string of the molecule is CC(C)COc1ccc(Cl)cc1Cc1ccc(-c2nc3ccc(CN(C)C)cc3[nH]2)o1. The molecule has 0 fully saturated rings. The molecule has 6 heteroatoms. The van der Waals surface area contributed by atoms with E-state index in [9.17, 15) is 0 Å². The fraction of sp³-hybridized carbons (Fsp3) is 0.320. The fourth-order valence-electron chi connectivity index (χ4n) is 3.51. The quantitative estimate of drug-likeness (QED) is 0.358. The van der Waals surface area contributed by atoms with E-state index in [1.165, 1.54) is 5.56 Å². The molecule has 1 N–H and O–H groups in total. The second-order valence-electron chi connectivity index (χ2n) is 8.57. The van der Waals surface area contributed by atoms with Crippen LogP contribution in [-0.2, 0) is 13.0 Å². The third kappa shape index (κ3) is 5.30. The van der Waals surface area contributed by atoms with E-state index in [0.717, 1.165) is 40.5 Å². The van der Waals surface area contributed by atoms with Crippen molar-refractivity contribution in [2.45, 2.75) is 26.8 Å². The minimum Gasteiger partial charge on any atom is -0.493 e. The summed E-state index contributed by atoms with van der Waals surface area (Å²) in [6, 6.07) is 15.9. The largest absolute Gasteiger partial charge is 0.493 e. The summed E-state index contributed by atoms with van der Waals surface area (Å²) in [5, 5.41) is 0.685. The van der Waals surface area contributed by atoms with Gasteiger partial charge in [-0.25, -0.2) is 4.98 Å². The van der Waals surface area contributed by atoms with Gasteiger partial charge in [-0.15, -0.1) is 0 Å². The number of hydrogen-bond acceptors (Lipinski definition) is 4. The number of imidazole rings is 1. The predicted octanol–water partition coefficient (Wildman–Crippen LogP) is 6.16. The lowest BCUT2D eigenvalue weighted by atomic mass is 10.1. The third-order valence-corrected chi connectivity index (χ3v) is 5.13. The first-order valence-corrected chi connectivity index (χ1v) is 10.9. The Morgan fingerprint density at radius 3 is 2.71 bits per heavy atom. The van der Waals surface area contributed by atoms with Gasteiger partial charge >= 0.3 is 0 Å². The van der Waals surface area contributed by atoms with Crippen molar-refractivity contribution in [3.05, 3.63) is 70.4 Å². The second-order valence-corrected chi connectivity index (χ2v) is 9.01. The van der Waals surface area contributed by atoms with E-state index in [1.54, 1.807) is 0 Å². The first-order valence-electron chi connectivity index (χ1n) is 10.5. The Bertz CT molecular complexity index is 1180. The molecule has 2 aromatic carbocycles. The number of nitrogens with one attached hydrogen (secondary N) is 1. The average molecular weight is 438 g/mol. The summed E-state index contributed by atoms with van der Waals surface area (Å²) in [6.45, 7) is 5.80. The van der Waals surface area contributed by atoms with Crippen molar-refractivity contribution in [2.24, 2.45) is 5.92 Å². The van der Waals surface area contributed by atoms with Gasteiger partial charge in [-0.05, 0) is 68.0 Å². The summed E-state index contributed by atoms with van der Waals surface area (Å²) in [5.74, 6) is 3.57. The van der Waals surface area contributed by atoms with Crippen LogP contribution < -0.4 is 4.74 Å². The van der Waals surface area contributed by atoms with Gasteiger partial charge in [-0.2, -0.15) is 0 Å². The molecule has 0 saturated heterocycles. The molecule has 5 nitrogen and oxygen atoms in total. The van der Waals surface area contributed by atoms with Crippen LogP contribution in [0.25, 0.3) is 22.6 Å². The number of H-pyrrole nitrogens is 1. The molecule has 2 aromatic heterocycles. The molecule has 0 spiro atoms. The molecule has 0 unspecified atom stereocenters. The number of rotatable bonds is 8. The van der Waals surface area contributed by atoms with Crippen molar-refractivity contribution in [1.29, 1.82) is 0 Å². The van der Waals surface area contributed by atoms with E-state index >= 15 is 0 Å². The Balaban J connectivity index is 1.55. The first kappa shape index (κ1) is 21.5. The van der Waals surface area contributed by atoms with E-state index in [0.29, 0.717) is 29.7 Å². The Morgan fingerprint density at radius 2 is 1.94 bits per heavy atom. The van der Waals surface area contributed by atoms with Gasteiger partial charge in [0.2, 0.25) is 0 Å². The maximum absolute atomic E-state index is 6.23. The highest BCUT2D eigenvalue weighted by Crippen LogP contribution is 2.29. The molecule has 31 heavy (non-hydrogen) atoms. The van der Waals surface area contributed by atoms with Crippen LogP contribution in [0.4, 0.5) is 0 Å². The molecule has 0 aliphatic heterocycles. The predicted molar refractivity (Wildman–Crippen MR) is 126 cm³/mol. The molecule has 4 aromatic rings. The molecule has 0 radical (unpaired) electrons. The van der Waals surface area contributed by atoms with E-state index in [2.05, 4.69) is 50.0 Å². The number of nitrogens with zero attached hydrogens (tertiary/aromatic N) is 2. The zero-order valence-corrected chi connectivity index (χ0v) is 19.2. The summed E-state index contributed by atoms with van der Waals surface area (Å²) in [6.07, 6.45) is 0.598. The highest BCUT2D eigenvalue weighted by Gasteiger charge is 2.13. The molecule has 0 atom stereocenters. The number of halogens is 1. The molecule has 0 aliphatic carbocycles. The number of aromatic amines is 1. The first-order chi connectivity index (χ1) is 14.9. The van der Waals surface area contributed by atoms with Crippen molar-refractivity contribution in [3.63, 3.8) is 0 Å². The number of fused-ring (bicyclic) bond motifs is 1. The number of hydrogen-bond donors (Lipinski definition) is 1. The van der Waals surface area contributed by atoms with Crippen LogP contribution in [-0.4, -0.2) is 35.6 Å².